The van der Waals surface area contributed by atoms with E-state index in [1.165, 1.54) is 24.3 Å². The third-order valence-corrected chi connectivity index (χ3v) is 4.77. The minimum Gasteiger partial charge on any atom is -0.397 e. The van der Waals surface area contributed by atoms with Gasteiger partial charge < -0.3 is 11.1 Å². The molecule has 2 heterocycles. The van der Waals surface area contributed by atoms with E-state index in [1.807, 2.05) is 12.1 Å². The Labute approximate surface area is 118 Å². The molecule has 3 nitrogen and oxygen atoms in total. The van der Waals surface area contributed by atoms with E-state index in [2.05, 4.69) is 34.2 Å². The van der Waals surface area contributed by atoms with E-state index in [9.17, 15) is 0 Å². The number of nitrogen functional groups attached to an aromatic ring is 1. The molecule has 2 aromatic rings. The highest BCUT2D eigenvalue weighted by Gasteiger charge is 2.14. The van der Waals surface area contributed by atoms with Crippen molar-refractivity contribution < 1.29 is 0 Å². The fourth-order valence-electron chi connectivity index (χ4n) is 2.55. The van der Waals surface area contributed by atoms with Gasteiger partial charge in [0, 0.05) is 23.8 Å². The van der Waals surface area contributed by atoms with E-state index in [0.717, 1.165) is 34.7 Å². The summed E-state index contributed by atoms with van der Waals surface area (Å²) in [6.07, 6.45) is 4.44. The Morgan fingerprint density at radius 3 is 2.95 bits per heavy atom. The standard InChI is InChI=1S/C15H19N3S/c16-13-3-4-14(12-2-1-7-17-15(12)13)18-10-11-5-8-19-9-6-11/h1-4,7,11,18H,5-6,8-10,16H2. The van der Waals surface area contributed by atoms with Crippen molar-refractivity contribution in [2.45, 2.75) is 12.8 Å². The summed E-state index contributed by atoms with van der Waals surface area (Å²) in [4.78, 5) is 4.37. The maximum Gasteiger partial charge on any atom is 0.0951 e. The quantitative estimate of drug-likeness (QED) is 0.842. The van der Waals surface area contributed by atoms with Crippen LogP contribution in [0.3, 0.4) is 0 Å². The van der Waals surface area contributed by atoms with Crippen LogP contribution in [0.25, 0.3) is 10.9 Å². The van der Waals surface area contributed by atoms with Crippen LogP contribution in [0.4, 0.5) is 11.4 Å². The highest BCUT2D eigenvalue weighted by atomic mass is 32.2. The number of hydrogen-bond acceptors (Lipinski definition) is 4. The van der Waals surface area contributed by atoms with Crippen LogP contribution < -0.4 is 11.1 Å². The Hall–Kier alpha value is -1.42. The van der Waals surface area contributed by atoms with E-state index in [1.54, 1.807) is 6.20 Å². The molecule has 1 aromatic heterocycles. The zero-order chi connectivity index (χ0) is 13.1. The predicted molar refractivity (Wildman–Crippen MR) is 84.7 cm³/mol. The Kier molecular flexibility index (Phi) is 3.78. The van der Waals surface area contributed by atoms with Crippen LogP contribution in [0.1, 0.15) is 12.8 Å². The van der Waals surface area contributed by atoms with Crippen molar-refractivity contribution in [3.63, 3.8) is 0 Å². The van der Waals surface area contributed by atoms with Gasteiger partial charge in [-0.05, 0) is 54.5 Å². The smallest absolute Gasteiger partial charge is 0.0951 e. The number of nitrogens with zero attached hydrogens (tertiary/aromatic N) is 1. The van der Waals surface area contributed by atoms with Crippen molar-refractivity contribution in [2.75, 3.05) is 29.1 Å². The number of anilines is 2. The first-order chi connectivity index (χ1) is 9.34. The number of fused-ring (bicyclic) bond motifs is 1. The molecular formula is C15H19N3S. The molecule has 1 aromatic carbocycles. The van der Waals surface area contributed by atoms with Gasteiger partial charge in [-0.25, -0.2) is 0 Å². The minimum absolute atomic E-state index is 0.746. The summed E-state index contributed by atoms with van der Waals surface area (Å²) < 4.78 is 0. The maximum atomic E-state index is 5.97. The molecule has 0 aliphatic carbocycles. The van der Waals surface area contributed by atoms with E-state index in [4.69, 9.17) is 5.73 Å². The molecule has 1 saturated heterocycles. The van der Waals surface area contributed by atoms with Gasteiger partial charge in [-0.2, -0.15) is 11.8 Å². The molecule has 0 saturated carbocycles. The highest BCUT2D eigenvalue weighted by molar-refractivity contribution is 7.99. The predicted octanol–water partition coefficient (Wildman–Crippen LogP) is 3.37. The number of nitrogens with two attached hydrogens (primary N) is 1. The van der Waals surface area contributed by atoms with Crippen LogP contribution in [0.15, 0.2) is 30.5 Å². The van der Waals surface area contributed by atoms with Gasteiger partial charge in [0.25, 0.3) is 0 Å². The minimum atomic E-state index is 0.746. The molecule has 1 aliphatic heterocycles. The van der Waals surface area contributed by atoms with Gasteiger partial charge in [-0.1, -0.05) is 0 Å². The number of benzene rings is 1. The lowest BCUT2D eigenvalue weighted by Gasteiger charge is -2.22. The highest BCUT2D eigenvalue weighted by Crippen LogP contribution is 2.28. The summed E-state index contributed by atoms with van der Waals surface area (Å²) in [5, 5.41) is 4.70. The second-order valence-electron chi connectivity index (χ2n) is 5.04. The number of nitrogens with one attached hydrogen (secondary N) is 1. The van der Waals surface area contributed by atoms with Gasteiger partial charge in [0.15, 0.2) is 0 Å². The van der Waals surface area contributed by atoms with Crippen LogP contribution in [0.5, 0.6) is 0 Å². The molecule has 3 N–H and O–H groups in total. The van der Waals surface area contributed by atoms with Crippen LogP contribution in [0.2, 0.25) is 0 Å². The second-order valence-corrected chi connectivity index (χ2v) is 6.26. The molecule has 0 atom stereocenters. The molecule has 100 valence electrons. The fourth-order valence-corrected chi connectivity index (χ4v) is 3.76. The average Bonchev–Trinajstić information content (AvgIpc) is 2.48. The zero-order valence-corrected chi connectivity index (χ0v) is 11.7. The molecular weight excluding hydrogens is 254 g/mol. The first-order valence-electron chi connectivity index (χ1n) is 6.79. The van der Waals surface area contributed by atoms with E-state index in [-0.39, 0.29) is 0 Å². The number of aromatic nitrogens is 1. The van der Waals surface area contributed by atoms with Crippen molar-refractivity contribution in [1.82, 2.24) is 4.98 Å². The number of pyridine rings is 1. The van der Waals surface area contributed by atoms with Crippen LogP contribution in [-0.2, 0) is 0 Å². The first kappa shape index (κ1) is 12.6. The number of rotatable bonds is 3. The van der Waals surface area contributed by atoms with E-state index >= 15 is 0 Å². The summed E-state index contributed by atoms with van der Waals surface area (Å²) in [7, 11) is 0. The summed E-state index contributed by atoms with van der Waals surface area (Å²) >= 11 is 2.07. The van der Waals surface area contributed by atoms with Crippen LogP contribution in [0, 0.1) is 5.92 Å². The Morgan fingerprint density at radius 2 is 2.11 bits per heavy atom. The number of hydrogen-bond donors (Lipinski definition) is 2. The van der Waals surface area contributed by atoms with Gasteiger partial charge >= 0.3 is 0 Å². The van der Waals surface area contributed by atoms with E-state index in [0.29, 0.717) is 0 Å². The average molecular weight is 273 g/mol. The summed E-state index contributed by atoms with van der Waals surface area (Å²) in [5.74, 6) is 3.40. The fraction of sp³-hybridized carbons (Fsp3) is 0.400. The summed E-state index contributed by atoms with van der Waals surface area (Å²) in [6.45, 7) is 1.05. The molecule has 19 heavy (non-hydrogen) atoms. The normalized spacial score (nSPS) is 16.6. The molecule has 0 bridgehead atoms. The van der Waals surface area contributed by atoms with Gasteiger partial charge in [0.2, 0.25) is 0 Å². The van der Waals surface area contributed by atoms with Crippen LogP contribution in [-0.4, -0.2) is 23.0 Å². The lowest BCUT2D eigenvalue weighted by atomic mass is 10.0. The zero-order valence-electron chi connectivity index (χ0n) is 10.9. The Balaban J connectivity index is 1.79. The molecule has 0 radical (unpaired) electrons. The molecule has 0 amide bonds. The molecule has 3 rings (SSSR count). The van der Waals surface area contributed by atoms with Gasteiger partial charge in [0.1, 0.15) is 0 Å². The topological polar surface area (TPSA) is 50.9 Å². The third kappa shape index (κ3) is 2.78. The lowest BCUT2D eigenvalue weighted by molar-refractivity contribution is 0.516. The van der Waals surface area contributed by atoms with Gasteiger partial charge in [0.05, 0.1) is 11.2 Å². The largest absolute Gasteiger partial charge is 0.397 e. The van der Waals surface area contributed by atoms with Crippen molar-refractivity contribution >= 4 is 34.0 Å². The van der Waals surface area contributed by atoms with Crippen molar-refractivity contribution in [3.05, 3.63) is 30.5 Å². The lowest BCUT2D eigenvalue weighted by Crippen LogP contribution is -2.19. The summed E-state index contributed by atoms with van der Waals surface area (Å²) in [6, 6.07) is 8.05. The van der Waals surface area contributed by atoms with Crippen molar-refractivity contribution in [1.29, 1.82) is 0 Å². The van der Waals surface area contributed by atoms with Crippen molar-refractivity contribution in [3.8, 4) is 0 Å². The number of thioether (sulfide) groups is 1. The molecule has 1 aliphatic rings. The Bertz CT molecular complexity index is 564. The molecule has 0 unspecified atom stereocenters. The first-order valence-corrected chi connectivity index (χ1v) is 7.95. The van der Waals surface area contributed by atoms with Gasteiger partial charge in [-0.15, -0.1) is 0 Å². The maximum absolute atomic E-state index is 5.97. The second kappa shape index (κ2) is 5.70. The van der Waals surface area contributed by atoms with Crippen LogP contribution >= 0.6 is 11.8 Å². The SMILES string of the molecule is Nc1ccc(NCC2CCSCC2)c2cccnc12. The monoisotopic (exact) mass is 273 g/mol. The molecule has 4 heteroatoms. The van der Waals surface area contributed by atoms with E-state index < -0.39 is 0 Å². The third-order valence-electron chi connectivity index (χ3n) is 3.72. The van der Waals surface area contributed by atoms with Gasteiger partial charge in [-0.3, -0.25) is 4.98 Å². The summed E-state index contributed by atoms with van der Waals surface area (Å²) in [5.41, 5.74) is 8.76. The van der Waals surface area contributed by atoms with Crippen molar-refractivity contribution in [2.24, 2.45) is 5.92 Å². The molecule has 1 fully saturated rings. The Morgan fingerprint density at radius 1 is 1.26 bits per heavy atom. The molecule has 0 spiro atoms.